The highest BCUT2D eigenvalue weighted by atomic mass is 32.2. The van der Waals surface area contributed by atoms with Gasteiger partial charge in [-0.25, -0.2) is 4.52 Å². The largest absolute Gasteiger partial charge is 0.389 e. The topological polar surface area (TPSA) is 163 Å². The Labute approximate surface area is 303 Å². The fraction of sp³-hybridized carbons (Fsp3) is 0.486. The van der Waals surface area contributed by atoms with Crippen LogP contribution in [0.2, 0.25) is 0 Å². The van der Waals surface area contributed by atoms with E-state index in [2.05, 4.69) is 45.5 Å². The summed E-state index contributed by atoms with van der Waals surface area (Å²) in [6.45, 7) is 12.5. The molecule has 0 aliphatic carbocycles. The molecule has 2 aromatic carbocycles. The Morgan fingerprint density at radius 1 is 0.824 bits per heavy atom. The van der Waals surface area contributed by atoms with Gasteiger partial charge in [-0.3, -0.25) is 19.4 Å². The number of carbonyl (C=O) groups excluding carboxylic acids is 2. The van der Waals surface area contributed by atoms with Crippen LogP contribution in [0.25, 0.3) is 5.65 Å². The number of carbonyl (C=O) groups is 2. The summed E-state index contributed by atoms with van der Waals surface area (Å²) in [7, 11) is 0. The Hall–Kier alpha value is -4.28. The monoisotopic (exact) mass is 738 g/mol. The number of hydrogen-bond donors (Lipinski definition) is 3. The summed E-state index contributed by atoms with van der Waals surface area (Å²) in [5, 5.41) is 11.8. The molecule has 3 atom stereocenters. The number of aromatic nitrogens is 4. The molecule has 0 radical (unpaired) electrons. The fourth-order valence-electron chi connectivity index (χ4n) is 6.17. The second-order valence-corrected chi connectivity index (χ2v) is 15.9. The Kier molecular flexibility index (Phi) is 11.1. The van der Waals surface area contributed by atoms with E-state index in [9.17, 15) is 18.0 Å². The highest BCUT2D eigenvalue weighted by Gasteiger charge is 2.26. The predicted octanol–water partition coefficient (Wildman–Crippen LogP) is 5.29. The lowest BCUT2D eigenvalue weighted by Crippen LogP contribution is -2.36. The molecule has 0 saturated carbocycles. The second-order valence-electron chi connectivity index (χ2n) is 14.1. The maximum atomic E-state index is 13.6. The smallest absolute Gasteiger partial charge is 0.316 e. The zero-order valence-corrected chi connectivity index (χ0v) is 31.3. The summed E-state index contributed by atoms with van der Waals surface area (Å²) < 4.78 is 45.6. The minimum Gasteiger partial charge on any atom is -0.389 e. The van der Waals surface area contributed by atoms with E-state index in [1.54, 1.807) is 58.5 Å². The lowest BCUT2D eigenvalue weighted by Gasteiger charge is -2.28. The summed E-state index contributed by atoms with van der Waals surface area (Å²) >= 11 is -4.15. The molecule has 4 aromatic rings. The molecular weight excluding hydrogens is 693 g/mol. The minimum absolute atomic E-state index is 0.0569. The molecule has 51 heavy (non-hydrogen) atoms. The third kappa shape index (κ3) is 8.61. The molecule has 14 nitrogen and oxygen atoms in total. The average molecular weight is 739 g/mol. The fourth-order valence-corrected chi connectivity index (χ4v) is 7.61. The number of hydrogen-bond acceptors (Lipinski definition) is 8. The highest BCUT2D eigenvalue weighted by Crippen LogP contribution is 2.29. The number of fused-ring (bicyclic) bond motifs is 1. The van der Waals surface area contributed by atoms with E-state index in [4.69, 9.17) is 8.37 Å². The van der Waals surface area contributed by atoms with E-state index in [0.717, 1.165) is 44.2 Å². The zero-order valence-electron chi connectivity index (χ0n) is 29.7. The number of piperidine rings is 2. The van der Waals surface area contributed by atoms with Crippen molar-refractivity contribution < 1.29 is 26.4 Å². The van der Waals surface area contributed by atoms with Crippen molar-refractivity contribution in [2.24, 2.45) is 0 Å². The number of nitrogens with zero attached hydrogens (tertiary/aromatic N) is 5. The first-order valence-electron chi connectivity index (χ1n) is 17.4. The van der Waals surface area contributed by atoms with E-state index in [0.29, 0.717) is 54.5 Å². The number of likely N-dealkylation sites (tertiary alicyclic amines) is 2. The maximum absolute atomic E-state index is 13.6. The van der Waals surface area contributed by atoms with Gasteiger partial charge in [0, 0.05) is 55.0 Å². The van der Waals surface area contributed by atoms with Crippen molar-refractivity contribution in [1.82, 2.24) is 34.3 Å². The number of nitrogens with one attached hydrogen (secondary N) is 3. The normalized spacial score (nSPS) is 17.2. The average Bonchev–Trinajstić information content (AvgIpc) is 3.72. The molecular formula is C35H46N8O6S2. The van der Waals surface area contributed by atoms with Crippen LogP contribution in [0.1, 0.15) is 110 Å². The lowest BCUT2D eigenvalue weighted by atomic mass is 9.93. The first-order valence-corrected chi connectivity index (χ1v) is 19.5. The Bertz CT molecular complexity index is 1940. The van der Waals surface area contributed by atoms with Crippen LogP contribution in [0.4, 0.5) is 5.69 Å². The van der Waals surface area contributed by atoms with Gasteiger partial charge in [0.1, 0.15) is 5.75 Å². The van der Waals surface area contributed by atoms with Gasteiger partial charge in [-0.05, 0) is 82.2 Å². The molecule has 3 unspecified atom stereocenters. The van der Waals surface area contributed by atoms with Gasteiger partial charge in [-0.15, -0.1) is 10.2 Å². The first-order chi connectivity index (χ1) is 24.4. The van der Waals surface area contributed by atoms with Gasteiger partial charge in [0.15, 0.2) is 17.2 Å². The van der Waals surface area contributed by atoms with Crippen LogP contribution in [-0.2, 0) is 27.9 Å². The van der Waals surface area contributed by atoms with E-state index >= 15 is 0 Å². The summed E-state index contributed by atoms with van der Waals surface area (Å²) in [5.74, 6) is 0.499. The van der Waals surface area contributed by atoms with Gasteiger partial charge in [-0.2, -0.15) is 13.1 Å². The highest BCUT2D eigenvalue weighted by molar-refractivity contribution is 7.82. The molecule has 2 aromatic heterocycles. The molecule has 2 aliphatic heterocycles. The first kappa shape index (κ1) is 36.5. The summed E-state index contributed by atoms with van der Waals surface area (Å²) in [6.07, 6.45) is 5.85. The molecule has 274 valence electrons. The zero-order chi connectivity index (χ0) is 36.3. The predicted molar refractivity (Wildman–Crippen MR) is 196 cm³/mol. The van der Waals surface area contributed by atoms with Gasteiger partial charge in [0.2, 0.25) is 0 Å². The van der Waals surface area contributed by atoms with E-state index in [1.807, 2.05) is 6.07 Å². The molecule has 6 rings (SSSR count). The number of aromatic amines is 1. The lowest BCUT2D eigenvalue weighted by molar-refractivity contribution is 0.0710. The second kappa shape index (κ2) is 15.5. The van der Waals surface area contributed by atoms with Crippen molar-refractivity contribution in [2.45, 2.75) is 84.6 Å². The molecule has 0 spiro atoms. The van der Waals surface area contributed by atoms with Crippen molar-refractivity contribution in [3.8, 4) is 11.5 Å². The molecule has 3 N–H and O–H groups in total. The van der Waals surface area contributed by atoms with Crippen LogP contribution in [0.15, 0.2) is 42.5 Å². The SMILES string of the molecule is Cc1ccc(NS(=O)Oc2cc(C(=O)N3CCCCC3)ccc2C(=O)N2CCCCC2)cc1OS(=O)NC(C)c1nnc2cc(C(C)(C)C)[nH]n12. The number of H-pyrrole nitrogens is 1. The van der Waals surface area contributed by atoms with E-state index in [1.165, 1.54) is 6.07 Å². The molecule has 16 heteroatoms. The summed E-state index contributed by atoms with van der Waals surface area (Å²) in [4.78, 5) is 30.4. The number of rotatable bonds is 11. The van der Waals surface area contributed by atoms with Gasteiger partial charge < -0.3 is 18.2 Å². The van der Waals surface area contributed by atoms with Crippen LogP contribution in [0, 0.1) is 6.92 Å². The maximum Gasteiger partial charge on any atom is 0.316 e. The molecule has 4 heterocycles. The van der Waals surface area contributed by atoms with Crippen molar-refractivity contribution in [2.75, 3.05) is 30.9 Å². The van der Waals surface area contributed by atoms with Gasteiger partial charge >= 0.3 is 11.3 Å². The van der Waals surface area contributed by atoms with E-state index in [-0.39, 0.29) is 34.3 Å². The quantitative estimate of drug-likeness (QED) is 0.187. The van der Waals surface area contributed by atoms with Gasteiger partial charge in [0.25, 0.3) is 23.1 Å². The van der Waals surface area contributed by atoms with E-state index < -0.39 is 28.6 Å². The summed E-state index contributed by atoms with van der Waals surface area (Å²) in [5.41, 5.74) is 3.19. The molecule has 2 fully saturated rings. The molecule has 2 saturated heterocycles. The Morgan fingerprint density at radius 3 is 2.14 bits per heavy atom. The van der Waals surface area contributed by atoms with Crippen LogP contribution in [0.3, 0.4) is 0 Å². The third-order valence-electron chi connectivity index (χ3n) is 9.15. The number of amides is 2. The summed E-state index contributed by atoms with van der Waals surface area (Å²) in [6, 6.07) is 11.2. The third-order valence-corrected chi connectivity index (χ3v) is 10.8. The molecule has 2 aliphatic rings. The molecule has 2 amide bonds. The van der Waals surface area contributed by atoms with Crippen molar-refractivity contribution in [3.05, 3.63) is 70.7 Å². The minimum atomic E-state index is -2.17. The Balaban J connectivity index is 1.15. The van der Waals surface area contributed by atoms with Crippen LogP contribution in [-0.4, -0.2) is 76.0 Å². The standard InChI is InChI=1S/C35H46N8O6S2/c1-23-12-14-26(21-28(23)48-50(46)39-24(2)32-37-36-31-22-30(35(3,4)5)38-43(31)32)40-51(47)49-29-20-25(33(44)41-16-8-6-9-17-41)13-15-27(29)34(45)42-18-10-7-11-19-42/h12-15,20-22,24,38-40H,6-11,16-19H2,1-5H3. The number of benzene rings is 2. The van der Waals surface area contributed by atoms with Crippen LogP contribution in [0.5, 0.6) is 11.5 Å². The van der Waals surface area contributed by atoms with Gasteiger partial charge in [-0.1, -0.05) is 26.8 Å². The molecule has 0 bridgehead atoms. The van der Waals surface area contributed by atoms with Gasteiger partial charge in [0.05, 0.1) is 17.3 Å². The Morgan fingerprint density at radius 2 is 1.47 bits per heavy atom. The van der Waals surface area contributed by atoms with Crippen LogP contribution < -0.4 is 17.8 Å². The van der Waals surface area contributed by atoms with Crippen molar-refractivity contribution >= 4 is 45.7 Å². The number of anilines is 1. The van der Waals surface area contributed by atoms with Crippen molar-refractivity contribution in [3.63, 3.8) is 0 Å². The van der Waals surface area contributed by atoms with Crippen molar-refractivity contribution in [1.29, 1.82) is 0 Å². The number of aryl methyl sites for hydroxylation is 1. The van der Waals surface area contributed by atoms with Crippen LogP contribution >= 0.6 is 0 Å².